The van der Waals surface area contributed by atoms with Crippen molar-refractivity contribution in [2.75, 3.05) is 20.0 Å². The van der Waals surface area contributed by atoms with Crippen LogP contribution in [-0.4, -0.2) is 29.9 Å². The van der Waals surface area contributed by atoms with Crippen molar-refractivity contribution >= 4 is 38.5 Å². The Balaban J connectivity index is 2.58. The number of aliphatic hydroxyl groups excluding tert-OH is 1. The first-order chi connectivity index (χ1) is 13.7. The van der Waals surface area contributed by atoms with Crippen molar-refractivity contribution in [3.8, 4) is 11.4 Å². The summed E-state index contributed by atoms with van der Waals surface area (Å²) in [6.07, 6.45) is 1.16. The Labute approximate surface area is 171 Å². The van der Waals surface area contributed by atoms with Crippen LogP contribution in [0.3, 0.4) is 0 Å². The zero-order chi connectivity index (χ0) is 21.5. The molecule has 0 fully saturated rings. The summed E-state index contributed by atoms with van der Waals surface area (Å²) < 4.78 is 39.4. The molecule has 0 spiro atoms. The molecule has 0 aliphatic heterocycles. The van der Waals surface area contributed by atoms with E-state index in [2.05, 4.69) is 20.7 Å². The second-order valence-corrected chi connectivity index (χ2v) is 6.79. The number of carbonyl (C=O) groups is 1. The minimum atomic E-state index is -0.946. The van der Waals surface area contributed by atoms with Crippen molar-refractivity contribution in [3.05, 3.63) is 61.9 Å². The van der Waals surface area contributed by atoms with Crippen molar-refractivity contribution in [1.82, 2.24) is 4.57 Å². The lowest BCUT2D eigenvalue weighted by Gasteiger charge is -2.19. The van der Waals surface area contributed by atoms with Gasteiger partial charge in [0, 0.05) is 11.8 Å². The van der Waals surface area contributed by atoms with Crippen LogP contribution < -0.4 is 15.9 Å². The van der Waals surface area contributed by atoms with Gasteiger partial charge in [0.15, 0.2) is 11.6 Å². The van der Waals surface area contributed by atoms with Gasteiger partial charge in [0.05, 0.1) is 47.6 Å². The Morgan fingerprint density at radius 1 is 1.24 bits per heavy atom. The number of benzene rings is 2. The first kappa shape index (κ1) is 20.7. The van der Waals surface area contributed by atoms with Crippen LogP contribution in [0.5, 0.6) is 5.75 Å². The number of aromatic nitrogens is 1. The van der Waals surface area contributed by atoms with Crippen LogP contribution >= 0.6 is 15.9 Å². The van der Waals surface area contributed by atoms with Crippen molar-refractivity contribution in [2.45, 2.75) is 6.61 Å². The van der Waals surface area contributed by atoms with Gasteiger partial charge in [-0.3, -0.25) is 4.79 Å². The highest BCUT2D eigenvalue weighted by Gasteiger charge is 2.23. The molecular formula is C19H15BrF2N2O5. The second kappa shape index (κ2) is 7.80. The van der Waals surface area contributed by atoms with Crippen LogP contribution in [0.4, 0.5) is 14.5 Å². The molecule has 0 aliphatic rings. The molecule has 0 atom stereocenters. The Kier molecular flexibility index (Phi) is 5.58. The van der Waals surface area contributed by atoms with E-state index in [1.54, 1.807) is 0 Å². The van der Waals surface area contributed by atoms with Gasteiger partial charge in [-0.05, 0) is 34.1 Å². The van der Waals surface area contributed by atoms with Crippen LogP contribution in [0.1, 0.15) is 15.9 Å². The van der Waals surface area contributed by atoms with Gasteiger partial charge in [-0.25, -0.2) is 13.6 Å². The summed E-state index contributed by atoms with van der Waals surface area (Å²) in [5, 5.41) is 9.53. The normalized spacial score (nSPS) is 11.0. The summed E-state index contributed by atoms with van der Waals surface area (Å²) in [6, 6.07) is 3.19. The van der Waals surface area contributed by atoms with Crippen molar-refractivity contribution in [1.29, 1.82) is 0 Å². The number of rotatable bonds is 4. The predicted molar refractivity (Wildman–Crippen MR) is 105 cm³/mol. The summed E-state index contributed by atoms with van der Waals surface area (Å²) in [7, 11) is 2.34. The van der Waals surface area contributed by atoms with E-state index in [1.165, 1.54) is 17.7 Å². The number of halogens is 3. The molecule has 10 heteroatoms. The molecule has 0 bridgehead atoms. The average molecular weight is 469 g/mol. The first-order valence-electron chi connectivity index (χ1n) is 8.13. The minimum absolute atomic E-state index is 0.0790. The smallest absolute Gasteiger partial charge is 0.343 e. The lowest BCUT2D eigenvalue weighted by molar-refractivity contribution is 0.0599. The van der Waals surface area contributed by atoms with Crippen molar-refractivity contribution in [3.63, 3.8) is 0 Å². The molecule has 3 N–H and O–H groups in total. The zero-order valence-electron chi connectivity index (χ0n) is 15.3. The quantitative estimate of drug-likeness (QED) is 0.450. The van der Waals surface area contributed by atoms with Crippen LogP contribution in [-0.2, 0) is 11.3 Å². The summed E-state index contributed by atoms with van der Waals surface area (Å²) in [4.78, 5) is 24.9. The maximum Gasteiger partial charge on any atom is 0.343 e. The lowest BCUT2D eigenvalue weighted by atomic mass is 10.1. The number of fused-ring (bicyclic) bond motifs is 1. The lowest BCUT2D eigenvalue weighted by Crippen LogP contribution is -2.21. The van der Waals surface area contributed by atoms with Crippen LogP contribution in [0, 0.1) is 11.6 Å². The number of hydrogen-bond acceptors (Lipinski definition) is 6. The van der Waals surface area contributed by atoms with E-state index < -0.39 is 29.6 Å². The third-order valence-electron chi connectivity index (χ3n) is 4.38. The Hall–Kier alpha value is -2.98. The number of esters is 1. The summed E-state index contributed by atoms with van der Waals surface area (Å²) in [5.41, 5.74) is 4.71. The number of hydrogen-bond donors (Lipinski definition) is 2. The van der Waals surface area contributed by atoms with E-state index in [-0.39, 0.29) is 43.6 Å². The molecular weight excluding hydrogens is 454 g/mol. The molecule has 0 saturated heterocycles. The molecule has 0 unspecified atom stereocenters. The highest BCUT2D eigenvalue weighted by molar-refractivity contribution is 9.10. The summed E-state index contributed by atoms with van der Waals surface area (Å²) in [6.45, 7) is -0.566. The van der Waals surface area contributed by atoms with E-state index in [9.17, 15) is 23.5 Å². The number of pyridine rings is 1. The highest BCUT2D eigenvalue weighted by atomic mass is 79.9. The molecule has 0 aliphatic carbocycles. The summed E-state index contributed by atoms with van der Waals surface area (Å²) >= 11 is 3.22. The number of ether oxygens (including phenoxy) is 2. The molecule has 0 amide bonds. The molecule has 0 radical (unpaired) electrons. The van der Waals surface area contributed by atoms with Gasteiger partial charge in [0.25, 0.3) is 0 Å². The average Bonchev–Trinajstić information content (AvgIpc) is 2.70. The first-order valence-corrected chi connectivity index (χ1v) is 8.93. The van der Waals surface area contributed by atoms with Crippen molar-refractivity contribution < 1.29 is 28.2 Å². The molecule has 1 heterocycles. The SMILES string of the molecule is COC(=O)c1cn(-c2cc(N)c(F)cc2CO)c2c(Br)c(OC)c(F)cc2c1=O. The fourth-order valence-electron chi connectivity index (χ4n) is 3.00. The third-order valence-corrected chi connectivity index (χ3v) is 5.11. The number of nitrogens with two attached hydrogens (primary N) is 1. The molecule has 29 heavy (non-hydrogen) atoms. The molecule has 0 saturated carbocycles. The zero-order valence-corrected chi connectivity index (χ0v) is 16.8. The van der Waals surface area contributed by atoms with E-state index in [4.69, 9.17) is 10.5 Å². The number of methoxy groups -OCH3 is 2. The van der Waals surface area contributed by atoms with E-state index in [0.29, 0.717) is 0 Å². The highest BCUT2D eigenvalue weighted by Crippen LogP contribution is 2.37. The fourth-order valence-corrected chi connectivity index (χ4v) is 3.76. The van der Waals surface area contributed by atoms with Gasteiger partial charge < -0.3 is 24.9 Å². The summed E-state index contributed by atoms with van der Waals surface area (Å²) in [5.74, 6) is -2.71. The topological polar surface area (TPSA) is 104 Å². The van der Waals surface area contributed by atoms with Gasteiger partial charge in [-0.1, -0.05) is 0 Å². The Bertz CT molecular complexity index is 1210. The molecule has 7 nitrogen and oxygen atoms in total. The standard InChI is InChI=1S/C19H15BrF2N2O5/c1-28-18-12(22)4-9-16(15(18)20)24(6-10(17(9)26)19(27)29-2)14-5-13(23)11(21)3-8(14)7-25/h3-6,25H,7,23H2,1-2H3. The molecule has 152 valence electrons. The van der Waals surface area contributed by atoms with Gasteiger partial charge in [0.1, 0.15) is 11.4 Å². The maximum absolute atomic E-state index is 14.4. The Morgan fingerprint density at radius 3 is 2.52 bits per heavy atom. The number of nitrogen functional groups attached to an aromatic ring is 1. The van der Waals surface area contributed by atoms with Gasteiger partial charge in [0.2, 0.25) is 5.43 Å². The molecule has 1 aromatic heterocycles. The Morgan fingerprint density at radius 2 is 1.93 bits per heavy atom. The van der Waals surface area contributed by atoms with Crippen LogP contribution in [0.2, 0.25) is 0 Å². The maximum atomic E-state index is 14.4. The van der Waals surface area contributed by atoms with E-state index >= 15 is 0 Å². The third kappa shape index (κ3) is 3.34. The second-order valence-electron chi connectivity index (χ2n) is 6.00. The fraction of sp³-hybridized carbons (Fsp3) is 0.158. The minimum Gasteiger partial charge on any atom is -0.492 e. The molecule has 3 aromatic rings. The number of aliphatic hydroxyl groups is 1. The van der Waals surface area contributed by atoms with Crippen LogP contribution in [0.15, 0.2) is 33.7 Å². The number of anilines is 1. The predicted octanol–water partition coefficient (Wildman–Crippen LogP) is 2.90. The van der Waals surface area contributed by atoms with E-state index in [1.807, 2.05) is 0 Å². The van der Waals surface area contributed by atoms with Gasteiger partial charge in [-0.2, -0.15) is 0 Å². The largest absolute Gasteiger partial charge is 0.492 e. The monoisotopic (exact) mass is 468 g/mol. The van der Waals surface area contributed by atoms with Crippen LogP contribution in [0.25, 0.3) is 16.6 Å². The van der Waals surface area contributed by atoms with E-state index in [0.717, 1.165) is 25.4 Å². The molecule has 3 rings (SSSR count). The number of nitrogens with zero attached hydrogens (tertiary/aromatic N) is 1. The van der Waals surface area contributed by atoms with Gasteiger partial charge >= 0.3 is 5.97 Å². The molecule has 2 aromatic carbocycles. The number of carbonyl (C=O) groups excluding carboxylic acids is 1. The van der Waals surface area contributed by atoms with Gasteiger partial charge in [-0.15, -0.1) is 0 Å². The van der Waals surface area contributed by atoms with Crippen molar-refractivity contribution in [2.24, 2.45) is 0 Å².